The molecule has 0 aliphatic carbocycles. The Kier molecular flexibility index (Phi) is 2.18. The summed E-state index contributed by atoms with van der Waals surface area (Å²) >= 11 is 0. The third-order valence-corrected chi connectivity index (χ3v) is 3.23. The molecule has 2 saturated heterocycles. The molecule has 0 bridgehead atoms. The second kappa shape index (κ2) is 3.12. The van der Waals surface area contributed by atoms with E-state index in [9.17, 15) is 4.79 Å². The summed E-state index contributed by atoms with van der Waals surface area (Å²) in [6.45, 7) is 9.56. The van der Waals surface area contributed by atoms with Gasteiger partial charge < -0.3 is 10.6 Å². The van der Waals surface area contributed by atoms with E-state index in [4.69, 9.17) is 0 Å². The molecular formula is C10H19N3O. The Morgan fingerprint density at radius 3 is 2.71 bits per heavy atom. The Hall–Kier alpha value is -0.770. The van der Waals surface area contributed by atoms with E-state index in [0.717, 1.165) is 19.6 Å². The van der Waals surface area contributed by atoms with Crippen molar-refractivity contribution in [1.82, 2.24) is 15.5 Å². The van der Waals surface area contributed by atoms with Crippen LogP contribution in [0, 0.1) is 5.92 Å². The summed E-state index contributed by atoms with van der Waals surface area (Å²) in [6.07, 6.45) is 0. The number of fused-ring (bicyclic) bond motifs is 1. The zero-order chi connectivity index (χ0) is 10.3. The SMILES string of the molecule is CC(C)(C)N1CC2CNC(=O)NC2C1. The van der Waals surface area contributed by atoms with Crippen LogP contribution < -0.4 is 10.6 Å². The van der Waals surface area contributed by atoms with Gasteiger partial charge in [-0.3, -0.25) is 4.90 Å². The maximum absolute atomic E-state index is 11.1. The zero-order valence-electron chi connectivity index (χ0n) is 9.13. The van der Waals surface area contributed by atoms with E-state index >= 15 is 0 Å². The van der Waals surface area contributed by atoms with Gasteiger partial charge >= 0.3 is 6.03 Å². The molecule has 2 rings (SSSR count). The smallest absolute Gasteiger partial charge is 0.315 e. The summed E-state index contributed by atoms with van der Waals surface area (Å²) in [5.74, 6) is 0.576. The second-order valence-electron chi connectivity index (χ2n) is 5.30. The molecule has 2 heterocycles. The normalized spacial score (nSPS) is 33.5. The summed E-state index contributed by atoms with van der Waals surface area (Å²) in [7, 11) is 0. The van der Waals surface area contributed by atoms with Crippen LogP contribution in [0.5, 0.6) is 0 Å². The van der Waals surface area contributed by atoms with E-state index in [0.29, 0.717) is 12.0 Å². The third kappa shape index (κ3) is 1.71. The summed E-state index contributed by atoms with van der Waals surface area (Å²) < 4.78 is 0. The van der Waals surface area contributed by atoms with E-state index in [1.165, 1.54) is 0 Å². The van der Waals surface area contributed by atoms with Crippen molar-refractivity contribution in [2.75, 3.05) is 19.6 Å². The van der Waals surface area contributed by atoms with Crippen LogP contribution in [-0.4, -0.2) is 42.1 Å². The number of hydrogen-bond acceptors (Lipinski definition) is 2. The predicted molar refractivity (Wildman–Crippen MR) is 55.1 cm³/mol. The van der Waals surface area contributed by atoms with Crippen LogP contribution in [0.1, 0.15) is 20.8 Å². The van der Waals surface area contributed by atoms with E-state index in [1.807, 2.05) is 0 Å². The fourth-order valence-corrected chi connectivity index (χ4v) is 2.23. The van der Waals surface area contributed by atoms with Crippen LogP contribution in [0.15, 0.2) is 0 Å². The van der Waals surface area contributed by atoms with Crippen molar-refractivity contribution in [2.45, 2.75) is 32.4 Å². The summed E-state index contributed by atoms with van der Waals surface area (Å²) in [6, 6.07) is 0.338. The van der Waals surface area contributed by atoms with Crippen LogP contribution in [-0.2, 0) is 0 Å². The van der Waals surface area contributed by atoms with Gasteiger partial charge in [-0.05, 0) is 20.8 Å². The Balaban J connectivity index is 2.02. The highest BCUT2D eigenvalue weighted by atomic mass is 16.2. The molecule has 2 amide bonds. The average molecular weight is 197 g/mol. The first kappa shape index (κ1) is 9.77. The van der Waals surface area contributed by atoms with Gasteiger partial charge in [-0.25, -0.2) is 4.79 Å². The lowest BCUT2D eigenvalue weighted by molar-refractivity contribution is 0.167. The Morgan fingerprint density at radius 1 is 1.36 bits per heavy atom. The minimum atomic E-state index is -0.0120. The van der Waals surface area contributed by atoms with Crippen molar-refractivity contribution in [3.63, 3.8) is 0 Å². The van der Waals surface area contributed by atoms with Crippen LogP contribution >= 0.6 is 0 Å². The van der Waals surface area contributed by atoms with E-state index in [-0.39, 0.29) is 11.6 Å². The van der Waals surface area contributed by atoms with Crippen LogP contribution in [0.25, 0.3) is 0 Å². The molecule has 14 heavy (non-hydrogen) atoms. The lowest BCUT2D eigenvalue weighted by atomic mass is 10.0. The highest BCUT2D eigenvalue weighted by Crippen LogP contribution is 2.25. The number of nitrogens with one attached hydrogen (secondary N) is 2. The van der Waals surface area contributed by atoms with Gasteiger partial charge in [0, 0.05) is 37.1 Å². The van der Waals surface area contributed by atoms with Crippen LogP contribution in [0.3, 0.4) is 0 Å². The van der Waals surface area contributed by atoms with Gasteiger partial charge in [0.2, 0.25) is 0 Å². The average Bonchev–Trinajstić information content (AvgIpc) is 2.45. The van der Waals surface area contributed by atoms with E-state index < -0.39 is 0 Å². The fraction of sp³-hybridized carbons (Fsp3) is 0.900. The second-order valence-corrected chi connectivity index (χ2v) is 5.30. The number of urea groups is 1. The van der Waals surface area contributed by atoms with Crippen molar-refractivity contribution in [1.29, 1.82) is 0 Å². The molecule has 0 spiro atoms. The molecule has 0 aromatic carbocycles. The van der Waals surface area contributed by atoms with Crippen molar-refractivity contribution < 1.29 is 4.79 Å². The molecule has 4 heteroatoms. The molecule has 80 valence electrons. The van der Waals surface area contributed by atoms with Crippen LogP contribution in [0.2, 0.25) is 0 Å². The first-order valence-electron chi connectivity index (χ1n) is 5.26. The zero-order valence-corrected chi connectivity index (χ0v) is 9.13. The van der Waals surface area contributed by atoms with Gasteiger partial charge in [-0.2, -0.15) is 0 Å². The van der Waals surface area contributed by atoms with Gasteiger partial charge in [0.15, 0.2) is 0 Å². The number of carbonyl (C=O) groups is 1. The maximum atomic E-state index is 11.1. The van der Waals surface area contributed by atoms with Gasteiger partial charge in [-0.1, -0.05) is 0 Å². The lowest BCUT2D eigenvalue weighted by Gasteiger charge is -2.31. The van der Waals surface area contributed by atoms with E-state index in [1.54, 1.807) is 0 Å². The number of nitrogens with zero attached hydrogens (tertiary/aromatic N) is 1. The Morgan fingerprint density at radius 2 is 2.07 bits per heavy atom. The van der Waals surface area contributed by atoms with Crippen molar-refractivity contribution >= 4 is 6.03 Å². The molecule has 2 unspecified atom stereocenters. The Bertz CT molecular complexity index is 246. The minimum absolute atomic E-state index is 0.0120. The molecule has 0 radical (unpaired) electrons. The number of amides is 2. The van der Waals surface area contributed by atoms with Gasteiger partial charge in [-0.15, -0.1) is 0 Å². The van der Waals surface area contributed by atoms with Crippen molar-refractivity contribution in [2.24, 2.45) is 5.92 Å². The molecule has 4 nitrogen and oxygen atoms in total. The molecule has 2 aliphatic rings. The minimum Gasteiger partial charge on any atom is -0.338 e. The number of hydrogen-bond donors (Lipinski definition) is 2. The Labute approximate surface area is 85.0 Å². The molecule has 2 atom stereocenters. The number of likely N-dealkylation sites (tertiary alicyclic amines) is 1. The quantitative estimate of drug-likeness (QED) is 0.590. The molecule has 2 N–H and O–H groups in total. The largest absolute Gasteiger partial charge is 0.338 e. The van der Waals surface area contributed by atoms with Gasteiger partial charge in [0.05, 0.1) is 0 Å². The highest BCUT2D eigenvalue weighted by molar-refractivity contribution is 5.75. The highest BCUT2D eigenvalue weighted by Gasteiger charge is 2.40. The fourth-order valence-electron chi connectivity index (χ4n) is 2.23. The maximum Gasteiger partial charge on any atom is 0.315 e. The number of rotatable bonds is 0. The molecule has 0 aromatic rings. The van der Waals surface area contributed by atoms with Crippen molar-refractivity contribution in [3.8, 4) is 0 Å². The first-order valence-corrected chi connectivity index (χ1v) is 5.26. The molecule has 2 fully saturated rings. The topological polar surface area (TPSA) is 44.4 Å². The lowest BCUT2D eigenvalue weighted by Crippen LogP contribution is -2.54. The summed E-state index contributed by atoms with van der Waals surface area (Å²) in [5.41, 5.74) is 0.210. The van der Waals surface area contributed by atoms with Gasteiger partial charge in [0.1, 0.15) is 0 Å². The third-order valence-electron chi connectivity index (χ3n) is 3.23. The predicted octanol–water partition coefficient (Wildman–Crippen LogP) is 0.398. The molecule has 0 aromatic heterocycles. The van der Waals surface area contributed by atoms with Crippen LogP contribution in [0.4, 0.5) is 4.79 Å². The molecule has 2 aliphatic heterocycles. The number of carbonyl (C=O) groups excluding carboxylic acids is 1. The molecule has 0 saturated carbocycles. The summed E-state index contributed by atoms with van der Waals surface area (Å²) in [5, 5.41) is 5.84. The monoisotopic (exact) mass is 197 g/mol. The molecular weight excluding hydrogens is 178 g/mol. The summed E-state index contributed by atoms with van der Waals surface area (Å²) in [4.78, 5) is 13.6. The first-order chi connectivity index (χ1) is 6.47. The van der Waals surface area contributed by atoms with Crippen molar-refractivity contribution in [3.05, 3.63) is 0 Å². The standard InChI is InChI=1S/C10H19N3O/c1-10(2,3)13-5-7-4-11-9(14)12-8(7)6-13/h7-8H,4-6H2,1-3H3,(H2,11,12,14). The van der Waals surface area contributed by atoms with E-state index in [2.05, 4.69) is 36.3 Å². The van der Waals surface area contributed by atoms with Gasteiger partial charge in [0.25, 0.3) is 0 Å².